The Bertz CT molecular complexity index is 935. The van der Waals surface area contributed by atoms with Crippen LogP contribution in [-0.2, 0) is 11.3 Å². The van der Waals surface area contributed by atoms with E-state index >= 15 is 0 Å². The van der Waals surface area contributed by atoms with Crippen LogP contribution in [0.1, 0.15) is 21.8 Å². The molecule has 0 saturated carbocycles. The molecule has 0 N–H and O–H groups in total. The Labute approximate surface area is 142 Å². The highest BCUT2D eigenvalue weighted by Crippen LogP contribution is 2.21. The molecule has 8 heteroatoms. The minimum absolute atomic E-state index is 0.100. The van der Waals surface area contributed by atoms with E-state index in [1.807, 2.05) is 31.2 Å². The van der Waals surface area contributed by atoms with Crippen molar-refractivity contribution in [3.8, 4) is 11.5 Å². The van der Waals surface area contributed by atoms with Crippen molar-refractivity contribution in [1.29, 1.82) is 0 Å². The molecule has 3 aromatic rings. The number of aromatic nitrogens is 2. The lowest BCUT2D eigenvalue weighted by Crippen LogP contribution is -2.08. The molecule has 8 nitrogen and oxygen atoms in total. The molecule has 0 saturated heterocycles. The van der Waals surface area contributed by atoms with E-state index in [4.69, 9.17) is 9.15 Å². The number of ether oxygens (including phenoxy) is 1. The van der Waals surface area contributed by atoms with E-state index in [0.29, 0.717) is 5.89 Å². The lowest BCUT2D eigenvalue weighted by molar-refractivity contribution is -0.385. The number of esters is 1. The van der Waals surface area contributed by atoms with Gasteiger partial charge >= 0.3 is 5.97 Å². The summed E-state index contributed by atoms with van der Waals surface area (Å²) in [5, 5.41) is 18.7. The van der Waals surface area contributed by atoms with E-state index < -0.39 is 10.9 Å². The number of nitrogens with zero attached hydrogens (tertiary/aromatic N) is 3. The lowest BCUT2D eigenvalue weighted by Gasteiger charge is -2.02. The maximum Gasteiger partial charge on any atom is 0.345 e. The first-order valence-corrected chi connectivity index (χ1v) is 7.34. The molecule has 0 atom stereocenters. The standard InChI is InChI=1S/C17H13N3O5/c1-11-5-4-6-12(9-11)16-19-18-15(25-16)10-24-17(21)13-7-2-3-8-14(13)20(22)23/h2-9H,10H2,1H3. The zero-order valence-electron chi connectivity index (χ0n) is 13.2. The van der Waals surface area contributed by atoms with Crippen LogP contribution in [-0.4, -0.2) is 21.1 Å². The zero-order valence-corrected chi connectivity index (χ0v) is 13.2. The molecule has 0 unspecified atom stereocenters. The van der Waals surface area contributed by atoms with Crippen molar-refractivity contribution in [2.24, 2.45) is 0 Å². The summed E-state index contributed by atoms with van der Waals surface area (Å²) in [5.74, 6) is -0.425. The highest BCUT2D eigenvalue weighted by Gasteiger charge is 2.21. The largest absolute Gasteiger partial charge is 0.452 e. The van der Waals surface area contributed by atoms with Crippen molar-refractivity contribution in [2.75, 3.05) is 0 Å². The van der Waals surface area contributed by atoms with Crippen LogP contribution in [0.5, 0.6) is 0 Å². The van der Waals surface area contributed by atoms with E-state index in [2.05, 4.69) is 10.2 Å². The monoisotopic (exact) mass is 339 g/mol. The van der Waals surface area contributed by atoms with Crippen LogP contribution in [0.4, 0.5) is 5.69 Å². The van der Waals surface area contributed by atoms with Gasteiger partial charge in [-0.2, -0.15) is 0 Å². The van der Waals surface area contributed by atoms with Gasteiger partial charge in [0, 0.05) is 11.6 Å². The van der Waals surface area contributed by atoms with Gasteiger partial charge in [0.25, 0.3) is 11.6 Å². The average molecular weight is 339 g/mol. The van der Waals surface area contributed by atoms with Gasteiger partial charge in [0.1, 0.15) is 5.56 Å². The van der Waals surface area contributed by atoms with E-state index in [1.165, 1.54) is 24.3 Å². The Morgan fingerprint density at radius 3 is 2.76 bits per heavy atom. The SMILES string of the molecule is Cc1cccc(-c2nnc(COC(=O)c3ccccc3[N+](=O)[O-])o2)c1. The second kappa shape index (κ2) is 6.91. The Kier molecular flexibility index (Phi) is 4.51. The highest BCUT2D eigenvalue weighted by molar-refractivity contribution is 5.93. The van der Waals surface area contributed by atoms with Crippen LogP contribution >= 0.6 is 0 Å². The smallest absolute Gasteiger partial charge is 0.345 e. The van der Waals surface area contributed by atoms with Gasteiger partial charge < -0.3 is 9.15 Å². The van der Waals surface area contributed by atoms with Crippen LogP contribution in [0.2, 0.25) is 0 Å². The van der Waals surface area contributed by atoms with Crippen LogP contribution in [0.25, 0.3) is 11.5 Å². The van der Waals surface area contributed by atoms with Gasteiger partial charge in [-0.3, -0.25) is 10.1 Å². The molecule has 0 fully saturated rings. The molecule has 0 bridgehead atoms. The summed E-state index contributed by atoms with van der Waals surface area (Å²) in [6.07, 6.45) is 0. The van der Waals surface area contributed by atoms with Crippen LogP contribution in [0.15, 0.2) is 52.9 Å². The summed E-state index contributed by atoms with van der Waals surface area (Å²) in [7, 11) is 0. The second-order valence-electron chi connectivity index (χ2n) is 5.22. The molecule has 0 aliphatic rings. The topological polar surface area (TPSA) is 108 Å². The first-order valence-electron chi connectivity index (χ1n) is 7.34. The number of hydrogen-bond acceptors (Lipinski definition) is 7. The van der Waals surface area contributed by atoms with Gasteiger partial charge in [-0.05, 0) is 25.1 Å². The predicted molar refractivity (Wildman–Crippen MR) is 86.7 cm³/mol. The summed E-state index contributed by atoms with van der Waals surface area (Å²) in [6.45, 7) is 1.67. The Morgan fingerprint density at radius 1 is 1.20 bits per heavy atom. The van der Waals surface area contributed by atoms with Gasteiger partial charge in [0.15, 0.2) is 6.61 Å². The third-order valence-electron chi connectivity index (χ3n) is 3.38. The van der Waals surface area contributed by atoms with Gasteiger partial charge in [0.2, 0.25) is 5.89 Å². The molecule has 0 amide bonds. The highest BCUT2D eigenvalue weighted by atomic mass is 16.6. The number of nitro groups is 1. The summed E-state index contributed by atoms with van der Waals surface area (Å²) < 4.78 is 10.5. The maximum atomic E-state index is 12.0. The molecule has 0 aliphatic heterocycles. The van der Waals surface area contributed by atoms with E-state index in [-0.39, 0.29) is 23.7 Å². The van der Waals surface area contributed by atoms with Gasteiger partial charge in [-0.25, -0.2) is 4.79 Å². The summed E-state index contributed by atoms with van der Waals surface area (Å²) >= 11 is 0. The van der Waals surface area contributed by atoms with Crippen molar-refractivity contribution < 1.29 is 18.9 Å². The molecule has 3 rings (SSSR count). The van der Waals surface area contributed by atoms with Gasteiger partial charge in [0.05, 0.1) is 4.92 Å². The number of hydrogen-bond donors (Lipinski definition) is 0. The minimum atomic E-state index is -0.831. The molecule has 1 aromatic heterocycles. The quantitative estimate of drug-likeness (QED) is 0.398. The molecular formula is C17H13N3O5. The van der Waals surface area contributed by atoms with Crippen LogP contribution in [0.3, 0.4) is 0 Å². The van der Waals surface area contributed by atoms with Gasteiger partial charge in [-0.15, -0.1) is 10.2 Å². The number of carbonyl (C=O) groups is 1. The number of benzene rings is 2. The molecule has 1 heterocycles. The average Bonchev–Trinajstić information content (AvgIpc) is 3.08. The fourth-order valence-electron chi connectivity index (χ4n) is 2.22. The minimum Gasteiger partial charge on any atom is -0.452 e. The molecule has 0 spiro atoms. The summed E-state index contributed by atoms with van der Waals surface area (Å²) in [4.78, 5) is 22.4. The molecule has 0 radical (unpaired) electrons. The fraction of sp³-hybridized carbons (Fsp3) is 0.118. The van der Waals surface area contributed by atoms with Crippen molar-refractivity contribution in [1.82, 2.24) is 10.2 Å². The second-order valence-corrected chi connectivity index (χ2v) is 5.22. The number of carbonyl (C=O) groups excluding carboxylic acids is 1. The van der Waals surface area contributed by atoms with Crippen molar-refractivity contribution in [3.63, 3.8) is 0 Å². The van der Waals surface area contributed by atoms with Crippen LogP contribution in [0, 0.1) is 17.0 Å². The molecule has 2 aromatic carbocycles. The number of para-hydroxylation sites is 1. The first-order chi connectivity index (χ1) is 12.0. The van der Waals surface area contributed by atoms with Crippen molar-refractivity contribution in [3.05, 3.63) is 75.7 Å². The third-order valence-corrected chi connectivity index (χ3v) is 3.38. The Morgan fingerprint density at radius 2 is 2.00 bits per heavy atom. The lowest BCUT2D eigenvalue weighted by atomic mass is 10.1. The summed E-state index contributed by atoms with van der Waals surface area (Å²) in [6, 6.07) is 13.1. The number of nitro benzene ring substituents is 1. The van der Waals surface area contributed by atoms with E-state index in [0.717, 1.165) is 11.1 Å². The van der Waals surface area contributed by atoms with Crippen molar-refractivity contribution >= 4 is 11.7 Å². The van der Waals surface area contributed by atoms with Gasteiger partial charge in [-0.1, -0.05) is 29.8 Å². The van der Waals surface area contributed by atoms with Crippen LogP contribution < -0.4 is 0 Å². The van der Waals surface area contributed by atoms with Crippen molar-refractivity contribution in [2.45, 2.75) is 13.5 Å². The molecule has 25 heavy (non-hydrogen) atoms. The number of aryl methyl sites for hydroxylation is 1. The molecule has 126 valence electrons. The van der Waals surface area contributed by atoms with E-state index in [1.54, 1.807) is 0 Å². The maximum absolute atomic E-state index is 12.0. The third kappa shape index (κ3) is 3.69. The zero-order chi connectivity index (χ0) is 17.8. The first kappa shape index (κ1) is 16.3. The van der Waals surface area contributed by atoms with E-state index in [9.17, 15) is 14.9 Å². The molecular weight excluding hydrogens is 326 g/mol. The molecule has 0 aliphatic carbocycles. The Hall–Kier alpha value is -3.55. The Balaban J connectivity index is 1.71. The fourth-order valence-corrected chi connectivity index (χ4v) is 2.22. The predicted octanol–water partition coefficient (Wildman–Crippen LogP) is 3.31. The summed E-state index contributed by atoms with van der Waals surface area (Å²) in [5.41, 5.74) is 1.34. The normalized spacial score (nSPS) is 10.4. The number of rotatable bonds is 5.